The number of nitrogens with zero attached hydrogens (tertiary/aromatic N) is 1. The Hall–Kier alpha value is -2.05. The summed E-state index contributed by atoms with van der Waals surface area (Å²) in [6, 6.07) is 0. The number of esters is 2. The molecule has 0 unspecified atom stereocenters. The van der Waals surface area contributed by atoms with Gasteiger partial charge in [0.25, 0.3) is 0 Å². The Morgan fingerprint density at radius 3 is 2.37 bits per heavy atom. The molecule has 19 heavy (non-hydrogen) atoms. The summed E-state index contributed by atoms with van der Waals surface area (Å²) in [5, 5.41) is 0. The number of rotatable bonds is 7. The number of hydrogen-bond donors (Lipinski definition) is 0. The standard InChI is InChI=1S/C12H17NO6/c1-4-16-9(14)7-8-12(18-6-3)19-10(13-8)11(15)17-5-2/h4-7H2,1-3H3. The fourth-order valence-corrected chi connectivity index (χ4v) is 1.32. The summed E-state index contributed by atoms with van der Waals surface area (Å²) in [6.45, 7) is 5.93. The predicted octanol–water partition coefficient (Wildman–Crippen LogP) is 1.36. The van der Waals surface area contributed by atoms with Gasteiger partial charge in [-0.25, -0.2) is 9.78 Å². The molecule has 0 aromatic carbocycles. The first-order valence-electron chi connectivity index (χ1n) is 6.07. The molecule has 0 aliphatic carbocycles. The van der Waals surface area contributed by atoms with Gasteiger partial charge < -0.3 is 18.6 Å². The van der Waals surface area contributed by atoms with Gasteiger partial charge in [0.05, 0.1) is 26.2 Å². The molecule has 0 aliphatic rings. The normalized spacial score (nSPS) is 10.1. The van der Waals surface area contributed by atoms with Crippen LogP contribution in [0.4, 0.5) is 0 Å². The zero-order chi connectivity index (χ0) is 14.3. The Morgan fingerprint density at radius 2 is 1.79 bits per heavy atom. The number of aromatic nitrogens is 1. The fourth-order valence-electron chi connectivity index (χ4n) is 1.32. The van der Waals surface area contributed by atoms with Crippen LogP contribution in [-0.4, -0.2) is 36.7 Å². The van der Waals surface area contributed by atoms with Gasteiger partial charge in [-0.15, -0.1) is 0 Å². The highest BCUT2D eigenvalue weighted by Crippen LogP contribution is 2.21. The minimum Gasteiger partial charge on any atom is -0.466 e. The van der Waals surface area contributed by atoms with Crippen LogP contribution >= 0.6 is 0 Å². The van der Waals surface area contributed by atoms with E-state index in [4.69, 9.17) is 18.6 Å². The molecule has 0 atom stereocenters. The summed E-state index contributed by atoms with van der Waals surface area (Å²) in [7, 11) is 0. The van der Waals surface area contributed by atoms with Gasteiger partial charge in [0.2, 0.25) is 0 Å². The molecule has 1 aromatic rings. The summed E-state index contributed by atoms with van der Waals surface area (Å²) in [4.78, 5) is 26.8. The zero-order valence-corrected chi connectivity index (χ0v) is 11.2. The molecule has 0 spiro atoms. The lowest BCUT2D eigenvalue weighted by atomic mass is 10.3. The molecule has 0 fully saturated rings. The van der Waals surface area contributed by atoms with Crippen molar-refractivity contribution in [2.75, 3.05) is 19.8 Å². The average molecular weight is 271 g/mol. The lowest BCUT2D eigenvalue weighted by Gasteiger charge is -2.01. The SMILES string of the molecule is CCOC(=O)Cc1nc(C(=O)OCC)oc1OCC. The minimum absolute atomic E-state index is 0.0404. The second-order valence-electron chi connectivity index (χ2n) is 3.39. The maximum absolute atomic E-state index is 11.5. The molecule has 0 bridgehead atoms. The first-order valence-corrected chi connectivity index (χ1v) is 6.07. The highest BCUT2D eigenvalue weighted by Gasteiger charge is 2.23. The van der Waals surface area contributed by atoms with Gasteiger partial charge in [0, 0.05) is 0 Å². The summed E-state index contributed by atoms with van der Waals surface area (Å²) in [5.74, 6) is -1.35. The first-order chi connectivity index (χ1) is 9.12. The molecule has 0 radical (unpaired) electrons. The Morgan fingerprint density at radius 1 is 1.11 bits per heavy atom. The highest BCUT2D eigenvalue weighted by atomic mass is 16.6. The van der Waals surface area contributed by atoms with Gasteiger partial charge in [0.15, 0.2) is 0 Å². The van der Waals surface area contributed by atoms with Crippen molar-refractivity contribution in [3.05, 3.63) is 11.6 Å². The predicted molar refractivity (Wildman–Crippen MR) is 64.0 cm³/mol. The second kappa shape index (κ2) is 7.40. The Labute approximate surface area is 110 Å². The first kappa shape index (κ1) is 15.0. The van der Waals surface area contributed by atoms with Crippen molar-refractivity contribution in [1.29, 1.82) is 0 Å². The maximum atomic E-state index is 11.5. The molecule has 0 N–H and O–H groups in total. The number of carbonyl (C=O) groups is 2. The van der Waals surface area contributed by atoms with E-state index in [-0.39, 0.29) is 37.2 Å². The van der Waals surface area contributed by atoms with Crippen LogP contribution in [0.5, 0.6) is 5.95 Å². The van der Waals surface area contributed by atoms with E-state index in [0.29, 0.717) is 6.61 Å². The van der Waals surface area contributed by atoms with Crippen molar-refractivity contribution in [3.8, 4) is 5.95 Å². The fraction of sp³-hybridized carbons (Fsp3) is 0.583. The number of hydrogen-bond acceptors (Lipinski definition) is 7. The van der Waals surface area contributed by atoms with Crippen molar-refractivity contribution in [3.63, 3.8) is 0 Å². The molecule has 0 amide bonds. The molecule has 7 heteroatoms. The maximum Gasteiger partial charge on any atom is 0.394 e. The van der Waals surface area contributed by atoms with Crippen LogP contribution in [0, 0.1) is 0 Å². The number of oxazole rings is 1. The minimum atomic E-state index is -0.696. The quantitative estimate of drug-likeness (QED) is 0.692. The van der Waals surface area contributed by atoms with E-state index in [1.165, 1.54) is 0 Å². The van der Waals surface area contributed by atoms with Crippen LogP contribution in [-0.2, 0) is 20.7 Å². The summed E-state index contributed by atoms with van der Waals surface area (Å²) in [6.07, 6.45) is -0.119. The van der Waals surface area contributed by atoms with Crippen molar-refractivity contribution in [1.82, 2.24) is 4.98 Å². The lowest BCUT2D eigenvalue weighted by molar-refractivity contribution is -0.142. The second-order valence-corrected chi connectivity index (χ2v) is 3.39. The Balaban J connectivity index is 2.88. The third kappa shape index (κ3) is 4.27. The van der Waals surface area contributed by atoms with Crippen molar-refractivity contribution in [2.45, 2.75) is 27.2 Å². The van der Waals surface area contributed by atoms with E-state index >= 15 is 0 Å². The Kier molecular flexibility index (Phi) is 5.84. The van der Waals surface area contributed by atoms with Crippen molar-refractivity contribution in [2.24, 2.45) is 0 Å². The van der Waals surface area contributed by atoms with Crippen LogP contribution in [0.1, 0.15) is 37.2 Å². The highest BCUT2D eigenvalue weighted by molar-refractivity contribution is 5.84. The van der Waals surface area contributed by atoms with Crippen LogP contribution in [0.25, 0.3) is 0 Å². The topological polar surface area (TPSA) is 87.9 Å². The third-order valence-electron chi connectivity index (χ3n) is 2.00. The zero-order valence-electron chi connectivity index (χ0n) is 11.2. The van der Waals surface area contributed by atoms with Gasteiger partial charge in [-0.2, -0.15) is 0 Å². The largest absolute Gasteiger partial charge is 0.466 e. The molecule has 0 saturated carbocycles. The van der Waals surface area contributed by atoms with Crippen molar-refractivity contribution < 1.29 is 28.2 Å². The molecular weight excluding hydrogens is 254 g/mol. The monoisotopic (exact) mass is 271 g/mol. The third-order valence-corrected chi connectivity index (χ3v) is 2.00. The van der Waals surface area contributed by atoms with E-state index < -0.39 is 11.9 Å². The van der Waals surface area contributed by atoms with Crippen LogP contribution < -0.4 is 4.74 Å². The van der Waals surface area contributed by atoms with Crippen LogP contribution in [0.15, 0.2) is 4.42 Å². The smallest absolute Gasteiger partial charge is 0.394 e. The molecule has 1 aromatic heterocycles. The molecule has 0 saturated heterocycles. The molecule has 0 aliphatic heterocycles. The van der Waals surface area contributed by atoms with Crippen molar-refractivity contribution >= 4 is 11.9 Å². The van der Waals surface area contributed by atoms with E-state index in [0.717, 1.165) is 0 Å². The molecule has 1 rings (SSSR count). The Bertz CT molecular complexity index is 439. The number of ether oxygens (including phenoxy) is 3. The van der Waals surface area contributed by atoms with Gasteiger partial charge in [-0.1, -0.05) is 0 Å². The summed E-state index contributed by atoms with van der Waals surface area (Å²) < 4.78 is 19.9. The average Bonchev–Trinajstić information content (AvgIpc) is 2.74. The van der Waals surface area contributed by atoms with E-state index in [2.05, 4.69) is 4.98 Å². The van der Waals surface area contributed by atoms with Gasteiger partial charge in [0.1, 0.15) is 5.69 Å². The number of carbonyl (C=O) groups excluding carboxylic acids is 2. The van der Waals surface area contributed by atoms with Gasteiger partial charge in [-0.3, -0.25) is 4.79 Å². The lowest BCUT2D eigenvalue weighted by Crippen LogP contribution is -2.09. The van der Waals surface area contributed by atoms with Gasteiger partial charge >= 0.3 is 23.8 Å². The van der Waals surface area contributed by atoms with E-state index in [1.54, 1.807) is 20.8 Å². The van der Waals surface area contributed by atoms with Crippen LogP contribution in [0.2, 0.25) is 0 Å². The molecule has 106 valence electrons. The van der Waals surface area contributed by atoms with Gasteiger partial charge in [-0.05, 0) is 20.8 Å². The molecule has 7 nitrogen and oxygen atoms in total. The summed E-state index contributed by atoms with van der Waals surface area (Å²) in [5.41, 5.74) is 0.225. The van der Waals surface area contributed by atoms with E-state index in [1.807, 2.05) is 0 Å². The molecular formula is C12H17NO6. The molecule has 1 heterocycles. The van der Waals surface area contributed by atoms with Crippen LogP contribution in [0.3, 0.4) is 0 Å². The van der Waals surface area contributed by atoms with E-state index in [9.17, 15) is 9.59 Å². The summed E-state index contributed by atoms with van der Waals surface area (Å²) >= 11 is 0.